The van der Waals surface area contributed by atoms with Crippen LogP contribution in [0.15, 0.2) is 24.3 Å². The molecule has 0 radical (unpaired) electrons. The van der Waals surface area contributed by atoms with Crippen LogP contribution in [0.25, 0.3) is 0 Å². The fourth-order valence-corrected chi connectivity index (χ4v) is 1.33. The second kappa shape index (κ2) is 7.17. The highest BCUT2D eigenvalue weighted by atomic mass is 35.5. The molecule has 0 bridgehead atoms. The van der Waals surface area contributed by atoms with Crippen LogP contribution < -0.4 is 10.1 Å². The average Bonchev–Trinajstić information content (AvgIpc) is 2.37. The lowest BCUT2D eigenvalue weighted by Gasteiger charge is -2.10. The van der Waals surface area contributed by atoms with Gasteiger partial charge in [0.25, 0.3) is 0 Å². The number of alkyl halides is 1. The molecule has 0 aliphatic heterocycles. The van der Waals surface area contributed by atoms with Gasteiger partial charge in [-0.2, -0.15) is 0 Å². The lowest BCUT2D eigenvalue weighted by atomic mass is 10.2. The van der Waals surface area contributed by atoms with Crippen molar-refractivity contribution in [1.82, 2.24) is 0 Å². The van der Waals surface area contributed by atoms with Crippen LogP contribution >= 0.6 is 11.6 Å². The zero-order valence-corrected chi connectivity index (χ0v) is 11.0. The summed E-state index contributed by atoms with van der Waals surface area (Å²) in [5.41, 5.74) is 0.760. The number of anilines is 1. The molecule has 94 valence electrons. The summed E-state index contributed by atoms with van der Waals surface area (Å²) in [7, 11) is 0. The van der Waals surface area contributed by atoms with E-state index in [0.717, 1.165) is 17.9 Å². The molecule has 1 atom stereocenters. The number of nitrogens with one attached hydrogen (secondary N) is 1. The molecule has 1 unspecified atom stereocenters. The van der Waals surface area contributed by atoms with Crippen molar-refractivity contribution in [1.29, 1.82) is 0 Å². The molecule has 17 heavy (non-hydrogen) atoms. The van der Waals surface area contributed by atoms with E-state index in [0.29, 0.717) is 12.5 Å². The molecule has 0 aromatic heterocycles. The van der Waals surface area contributed by atoms with Crippen molar-refractivity contribution in [2.75, 3.05) is 17.8 Å². The summed E-state index contributed by atoms with van der Waals surface area (Å²) < 4.78 is 5.45. The van der Waals surface area contributed by atoms with Gasteiger partial charge >= 0.3 is 0 Å². The van der Waals surface area contributed by atoms with Crippen molar-refractivity contribution in [2.45, 2.75) is 20.3 Å². The SMILES string of the molecule is CCCOc1ccc(NC(=O)C(C)CCl)cc1. The lowest BCUT2D eigenvalue weighted by molar-refractivity contribution is -0.118. The smallest absolute Gasteiger partial charge is 0.228 e. The summed E-state index contributed by atoms with van der Waals surface area (Å²) in [6, 6.07) is 7.33. The molecule has 1 amide bonds. The number of hydrogen-bond donors (Lipinski definition) is 1. The number of ether oxygens (including phenoxy) is 1. The van der Waals surface area contributed by atoms with Crippen LogP contribution in [-0.4, -0.2) is 18.4 Å². The number of hydrogen-bond acceptors (Lipinski definition) is 2. The number of benzene rings is 1. The second-order valence-corrected chi connectivity index (χ2v) is 4.23. The Balaban J connectivity index is 2.53. The average molecular weight is 256 g/mol. The van der Waals surface area contributed by atoms with Gasteiger partial charge in [0.1, 0.15) is 5.75 Å². The summed E-state index contributed by atoms with van der Waals surface area (Å²) in [6.07, 6.45) is 0.978. The first-order chi connectivity index (χ1) is 8.17. The van der Waals surface area contributed by atoms with Crippen LogP contribution in [0.5, 0.6) is 5.75 Å². The van der Waals surface area contributed by atoms with Crippen LogP contribution in [0.4, 0.5) is 5.69 Å². The van der Waals surface area contributed by atoms with Crippen LogP contribution in [0, 0.1) is 5.92 Å². The van der Waals surface area contributed by atoms with Gasteiger partial charge in [-0.3, -0.25) is 4.79 Å². The van der Waals surface area contributed by atoms with Gasteiger partial charge in [-0.05, 0) is 30.7 Å². The van der Waals surface area contributed by atoms with E-state index < -0.39 is 0 Å². The lowest BCUT2D eigenvalue weighted by Crippen LogP contribution is -2.21. The maximum absolute atomic E-state index is 11.6. The third-order valence-electron chi connectivity index (χ3n) is 2.27. The third-order valence-corrected chi connectivity index (χ3v) is 2.74. The molecule has 3 nitrogen and oxygen atoms in total. The Morgan fingerprint density at radius 3 is 2.59 bits per heavy atom. The monoisotopic (exact) mass is 255 g/mol. The molecule has 1 aromatic carbocycles. The number of carbonyl (C=O) groups excluding carboxylic acids is 1. The van der Waals surface area contributed by atoms with E-state index in [-0.39, 0.29) is 11.8 Å². The highest BCUT2D eigenvalue weighted by Crippen LogP contribution is 2.16. The van der Waals surface area contributed by atoms with Crippen molar-refractivity contribution in [2.24, 2.45) is 5.92 Å². The van der Waals surface area contributed by atoms with Crippen LogP contribution in [-0.2, 0) is 4.79 Å². The van der Waals surface area contributed by atoms with E-state index in [4.69, 9.17) is 16.3 Å². The molecule has 0 spiro atoms. The molecule has 0 aliphatic rings. The Labute approximate surface area is 107 Å². The molecule has 0 saturated carbocycles. The first-order valence-corrected chi connectivity index (χ1v) is 6.30. The molecule has 0 saturated heterocycles. The van der Waals surface area contributed by atoms with Crippen molar-refractivity contribution >= 4 is 23.2 Å². The van der Waals surface area contributed by atoms with E-state index in [1.165, 1.54) is 0 Å². The zero-order chi connectivity index (χ0) is 12.7. The first kappa shape index (κ1) is 13.8. The summed E-state index contributed by atoms with van der Waals surface area (Å²) in [5.74, 6) is 0.883. The van der Waals surface area contributed by atoms with E-state index >= 15 is 0 Å². The number of rotatable bonds is 6. The molecule has 1 aromatic rings. The molecule has 0 fully saturated rings. The van der Waals surface area contributed by atoms with Gasteiger partial charge in [0.05, 0.1) is 6.61 Å². The highest BCUT2D eigenvalue weighted by Gasteiger charge is 2.11. The predicted octanol–water partition coefficient (Wildman–Crippen LogP) is 3.29. The Bertz CT molecular complexity index is 351. The summed E-state index contributed by atoms with van der Waals surface area (Å²) in [5, 5.41) is 2.80. The van der Waals surface area contributed by atoms with Crippen LogP contribution in [0.3, 0.4) is 0 Å². The molecular formula is C13H18ClNO2. The molecule has 4 heteroatoms. The Kier molecular flexibility index (Phi) is 5.84. The minimum Gasteiger partial charge on any atom is -0.494 e. The molecule has 1 N–H and O–H groups in total. The van der Waals surface area contributed by atoms with E-state index in [2.05, 4.69) is 12.2 Å². The van der Waals surface area contributed by atoms with Gasteiger partial charge in [-0.25, -0.2) is 0 Å². The van der Waals surface area contributed by atoms with Gasteiger partial charge in [-0.1, -0.05) is 13.8 Å². The third kappa shape index (κ3) is 4.65. The van der Waals surface area contributed by atoms with Crippen LogP contribution in [0.2, 0.25) is 0 Å². The van der Waals surface area contributed by atoms with Crippen molar-refractivity contribution in [3.8, 4) is 5.75 Å². The van der Waals surface area contributed by atoms with Crippen molar-refractivity contribution < 1.29 is 9.53 Å². The summed E-state index contributed by atoms with van der Waals surface area (Å²) >= 11 is 5.61. The van der Waals surface area contributed by atoms with Gasteiger partial charge < -0.3 is 10.1 Å². The number of amides is 1. The highest BCUT2D eigenvalue weighted by molar-refractivity contribution is 6.19. The van der Waals surface area contributed by atoms with E-state index in [1.54, 1.807) is 6.92 Å². The number of halogens is 1. The fraction of sp³-hybridized carbons (Fsp3) is 0.462. The summed E-state index contributed by atoms with van der Waals surface area (Å²) in [4.78, 5) is 11.6. The molecular weight excluding hydrogens is 238 g/mol. The molecule has 0 heterocycles. The minimum atomic E-state index is -0.187. The second-order valence-electron chi connectivity index (χ2n) is 3.92. The Hall–Kier alpha value is -1.22. The molecule has 1 rings (SSSR count). The normalized spacial score (nSPS) is 11.9. The Morgan fingerprint density at radius 1 is 1.41 bits per heavy atom. The first-order valence-electron chi connectivity index (χ1n) is 5.77. The van der Waals surface area contributed by atoms with Gasteiger partial charge in [0.2, 0.25) is 5.91 Å². The van der Waals surface area contributed by atoms with Crippen LogP contribution in [0.1, 0.15) is 20.3 Å². The van der Waals surface area contributed by atoms with Gasteiger partial charge in [-0.15, -0.1) is 11.6 Å². The topological polar surface area (TPSA) is 38.3 Å². The van der Waals surface area contributed by atoms with Crippen molar-refractivity contribution in [3.63, 3.8) is 0 Å². The van der Waals surface area contributed by atoms with Crippen molar-refractivity contribution in [3.05, 3.63) is 24.3 Å². The standard InChI is InChI=1S/C13H18ClNO2/c1-3-8-17-12-6-4-11(5-7-12)15-13(16)10(2)9-14/h4-7,10H,3,8-9H2,1-2H3,(H,15,16). The predicted molar refractivity (Wildman–Crippen MR) is 70.7 cm³/mol. The zero-order valence-electron chi connectivity index (χ0n) is 10.2. The Morgan fingerprint density at radius 2 is 2.06 bits per heavy atom. The largest absolute Gasteiger partial charge is 0.494 e. The molecule has 0 aliphatic carbocycles. The quantitative estimate of drug-likeness (QED) is 0.792. The fourth-order valence-electron chi connectivity index (χ4n) is 1.19. The summed E-state index contributed by atoms with van der Waals surface area (Å²) in [6.45, 7) is 4.55. The number of carbonyl (C=O) groups is 1. The maximum Gasteiger partial charge on any atom is 0.228 e. The maximum atomic E-state index is 11.6. The van der Waals surface area contributed by atoms with Gasteiger partial charge in [0.15, 0.2) is 0 Å². The van der Waals surface area contributed by atoms with Gasteiger partial charge in [0, 0.05) is 17.5 Å². The van der Waals surface area contributed by atoms with E-state index in [1.807, 2.05) is 24.3 Å². The van der Waals surface area contributed by atoms with E-state index in [9.17, 15) is 4.79 Å². The minimum absolute atomic E-state index is 0.0674.